The summed E-state index contributed by atoms with van der Waals surface area (Å²) in [5.74, 6) is 0.768. The van der Waals surface area contributed by atoms with E-state index in [1.807, 2.05) is 0 Å². The number of hydrogen-bond acceptors (Lipinski definition) is 3. The van der Waals surface area contributed by atoms with Crippen LogP contribution in [0.25, 0.3) is 0 Å². The highest BCUT2D eigenvalue weighted by Gasteiger charge is 2.01. The molecule has 5 heteroatoms. The first-order chi connectivity index (χ1) is 6.11. The Labute approximate surface area is 84.7 Å². The molecule has 1 aromatic heterocycles. The lowest BCUT2D eigenvalue weighted by molar-refractivity contribution is -0.115. The van der Waals surface area contributed by atoms with Crippen LogP contribution < -0.4 is 11.1 Å². The molecule has 0 aliphatic rings. The van der Waals surface area contributed by atoms with E-state index in [1.54, 1.807) is 19.1 Å². The molecule has 0 aliphatic carbocycles. The standard InChI is InChI=1S/C8H10BrN3O/c1-2-8(13)12-7-4-5(9)3-6(10)11-7/h3-4H,2H2,1H3,(H3,10,11,12,13). The fourth-order valence-corrected chi connectivity index (χ4v) is 1.26. The average molecular weight is 244 g/mol. The van der Waals surface area contributed by atoms with Gasteiger partial charge in [0.25, 0.3) is 0 Å². The molecular formula is C8H10BrN3O. The van der Waals surface area contributed by atoms with Crippen molar-refractivity contribution in [3.8, 4) is 0 Å². The van der Waals surface area contributed by atoms with Gasteiger partial charge in [-0.15, -0.1) is 0 Å². The van der Waals surface area contributed by atoms with E-state index in [0.29, 0.717) is 18.1 Å². The van der Waals surface area contributed by atoms with Crippen LogP contribution in [0.15, 0.2) is 16.6 Å². The van der Waals surface area contributed by atoms with Crippen LogP contribution in [0.3, 0.4) is 0 Å². The second-order valence-electron chi connectivity index (χ2n) is 2.50. The van der Waals surface area contributed by atoms with Gasteiger partial charge >= 0.3 is 0 Å². The summed E-state index contributed by atoms with van der Waals surface area (Å²) in [5, 5.41) is 2.61. The van der Waals surface area contributed by atoms with Gasteiger partial charge in [-0.3, -0.25) is 4.79 Å². The Morgan fingerprint density at radius 3 is 2.92 bits per heavy atom. The number of pyridine rings is 1. The SMILES string of the molecule is CCC(=O)Nc1cc(Br)cc(N)n1. The second-order valence-corrected chi connectivity index (χ2v) is 3.41. The van der Waals surface area contributed by atoms with Crippen LogP contribution in [0.2, 0.25) is 0 Å². The predicted molar refractivity (Wildman–Crippen MR) is 55.3 cm³/mol. The molecule has 3 N–H and O–H groups in total. The number of nitrogen functional groups attached to an aromatic ring is 1. The molecular weight excluding hydrogens is 234 g/mol. The van der Waals surface area contributed by atoms with E-state index in [9.17, 15) is 4.79 Å². The summed E-state index contributed by atoms with van der Waals surface area (Å²) in [4.78, 5) is 14.9. The largest absolute Gasteiger partial charge is 0.384 e. The normalized spacial score (nSPS) is 9.69. The molecule has 4 nitrogen and oxygen atoms in total. The number of halogens is 1. The molecule has 0 saturated carbocycles. The molecule has 0 spiro atoms. The summed E-state index contributed by atoms with van der Waals surface area (Å²) in [5.41, 5.74) is 5.48. The van der Waals surface area contributed by atoms with Crippen LogP contribution >= 0.6 is 15.9 Å². The van der Waals surface area contributed by atoms with Crippen molar-refractivity contribution in [3.63, 3.8) is 0 Å². The zero-order valence-electron chi connectivity index (χ0n) is 7.17. The van der Waals surface area contributed by atoms with E-state index in [4.69, 9.17) is 5.73 Å². The number of aromatic nitrogens is 1. The molecule has 0 fully saturated rings. The summed E-state index contributed by atoms with van der Waals surface area (Å²) in [6.45, 7) is 1.77. The molecule has 0 aliphatic heterocycles. The molecule has 0 aromatic carbocycles. The van der Waals surface area contributed by atoms with Gasteiger partial charge in [-0.05, 0) is 12.1 Å². The van der Waals surface area contributed by atoms with Gasteiger partial charge < -0.3 is 11.1 Å². The fraction of sp³-hybridized carbons (Fsp3) is 0.250. The Kier molecular flexibility index (Phi) is 3.25. The highest BCUT2D eigenvalue weighted by molar-refractivity contribution is 9.10. The minimum atomic E-state index is -0.0787. The van der Waals surface area contributed by atoms with Crippen LogP contribution in [-0.4, -0.2) is 10.9 Å². The molecule has 1 amide bonds. The monoisotopic (exact) mass is 243 g/mol. The van der Waals surface area contributed by atoms with Gasteiger partial charge in [-0.1, -0.05) is 22.9 Å². The topological polar surface area (TPSA) is 68.0 Å². The Balaban J connectivity index is 2.83. The molecule has 0 bridgehead atoms. The zero-order chi connectivity index (χ0) is 9.84. The number of carbonyl (C=O) groups is 1. The maximum Gasteiger partial charge on any atom is 0.225 e. The minimum absolute atomic E-state index is 0.0787. The Morgan fingerprint density at radius 1 is 1.69 bits per heavy atom. The van der Waals surface area contributed by atoms with Crippen molar-refractivity contribution in [3.05, 3.63) is 16.6 Å². The van der Waals surface area contributed by atoms with E-state index in [0.717, 1.165) is 4.47 Å². The third-order valence-corrected chi connectivity index (χ3v) is 1.86. The van der Waals surface area contributed by atoms with E-state index in [1.165, 1.54) is 0 Å². The fourth-order valence-electron chi connectivity index (χ4n) is 0.812. The van der Waals surface area contributed by atoms with E-state index >= 15 is 0 Å². The number of nitrogens with one attached hydrogen (secondary N) is 1. The number of rotatable bonds is 2. The lowest BCUT2D eigenvalue weighted by Crippen LogP contribution is -2.11. The van der Waals surface area contributed by atoms with Crippen LogP contribution in [0.1, 0.15) is 13.3 Å². The third-order valence-electron chi connectivity index (χ3n) is 1.40. The first-order valence-corrected chi connectivity index (χ1v) is 4.64. The van der Waals surface area contributed by atoms with Crippen molar-refractivity contribution < 1.29 is 4.79 Å². The van der Waals surface area contributed by atoms with Crippen molar-refractivity contribution in [2.45, 2.75) is 13.3 Å². The molecule has 1 rings (SSSR count). The van der Waals surface area contributed by atoms with Crippen molar-refractivity contribution in [1.29, 1.82) is 0 Å². The van der Waals surface area contributed by atoms with Gasteiger partial charge in [-0.2, -0.15) is 0 Å². The lowest BCUT2D eigenvalue weighted by atomic mass is 10.4. The molecule has 13 heavy (non-hydrogen) atoms. The number of carbonyl (C=O) groups excluding carboxylic acids is 1. The molecule has 70 valence electrons. The number of anilines is 2. The minimum Gasteiger partial charge on any atom is -0.384 e. The predicted octanol–water partition coefficient (Wildman–Crippen LogP) is 1.77. The summed E-state index contributed by atoms with van der Waals surface area (Å²) in [6, 6.07) is 3.37. The molecule has 0 atom stereocenters. The summed E-state index contributed by atoms with van der Waals surface area (Å²) >= 11 is 3.25. The molecule has 1 aromatic rings. The van der Waals surface area contributed by atoms with Crippen molar-refractivity contribution in [2.24, 2.45) is 0 Å². The van der Waals surface area contributed by atoms with Crippen molar-refractivity contribution in [1.82, 2.24) is 4.98 Å². The van der Waals surface area contributed by atoms with Crippen LogP contribution in [0, 0.1) is 0 Å². The van der Waals surface area contributed by atoms with Gasteiger partial charge in [0.1, 0.15) is 11.6 Å². The number of hydrogen-bond donors (Lipinski definition) is 2. The maximum absolute atomic E-state index is 11.0. The number of nitrogens with two attached hydrogens (primary N) is 1. The number of amides is 1. The first kappa shape index (κ1) is 9.98. The third kappa shape index (κ3) is 3.02. The molecule has 0 saturated heterocycles. The maximum atomic E-state index is 11.0. The summed E-state index contributed by atoms with van der Waals surface area (Å²) < 4.78 is 0.798. The average Bonchev–Trinajstić information content (AvgIpc) is 2.02. The smallest absolute Gasteiger partial charge is 0.225 e. The highest BCUT2D eigenvalue weighted by atomic mass is 79.9. The van der Waals surface area contributed by atoms with Gasteiger partial charge in [0.15, 0.2) is 0 Å². The highest BCUT2D eigenvalue weighted by Crippen LogP contribution is 2.17. The Morgan fingerprint density at radius 2 is 2.38 bits per heavy atom. The van der Waals surface area contributed by atoms with E-state index in [2.05, 4.69) is 26.2 Å². The van der Waals surface area contributed by atoms with Crippen molar-refractivity contribution in [2.75, 3.05) is 11.1 Å². The van der Waals surface area contributed by atoms with Crippen LogP contribution in [0.5, 0.6) is 0 Å². The molecule has 0 radical (unpaired) electrons. The van der Waals surface area contributed by atoms with E-state index in [-0.39, 0.29) is 5.91 Å². The van der Waals surface area contributed by atoms with Gasteiger partial charge in [0, 0.05) is 10.9 Å². The van der Waals surface area contributed by atoms with Crippen molar-refractivity contribution >= 4 is 33.5 Å². The summed E-state index contributed by atoms with van der Waals surface area (Å²) in [7, 11) is 0. The lowest BCUT2D eigenvalue weighted by Gasteiger charge is -2.03. The van der Waals surface area contributed by atoms with Gasteiger partial charge in [0.05, 0.1) is 0 Å². The quantitative estimate of drug-likeness (QED) is 0.833. The summed E-state index contributed by atoms with van der Waals surface area (Å²) in [6.07, 6.45) is 0.425. The van der Waals surface area contributed by atoms with Crippen LogP contribution in [-0.2, 0) is 4.79 Å². The molecule has 0 unspecified atom stereocenters. The first-order valence-electron chi connectivity index (χ1n) is 3.84. The molecule has 1 heterocycles. The Bertz CT molecular complexity index is 307. The number of nitrogens with zero attached hydrogens (tertiary/aromatic N) is 1. The van der Waals surface area contributed by atoms with Gasteiger partial charge in [0.2, 0.25) is 5.91 Å². The van der Waals surface area contributed by atoms with E-state index < -0.39 is 0 Å². The van der Waals surface area contributed by atoms with Crippen LogP contribution in [0.4, 0.5) is 11.6 Å². The Hall–Kier alpha value is -1.10. The zero-order valence-corrected chi connectivity index (χ0v) is 8.76. The second kappa shape index (κ2) is 4.23. The van der Waals surface area contributed by atoms with Gasteiger partial charge in [-0.25, -0.2) is 4.98 Å².